The van der Waals surface area contributed by atoms with E-state index in [2.05, 4.69) is 10.3 Å². The maximum Gasteiger partial charge on any atom is 0.193 e. The van der Waals surface area contributed by atoms with Crippen molar-refractivity contribution in [1.29, 1.82) is 0 Å². The third kappa shape index (κ3) is 3.64. The van der Waals surface area contributed by atoms with Crippen molar-refractivity contribution in [3.8, 4) is 0 Å². The quantitative estimate of drug-likeness (QED) is 0.662. The van der Waals surface area contributed by atoms with Crippen molar-refractivity contribution in [3.63, 3.8) is 0 Å². The minimum Gasteiger partial charge on any atom is -0.388 e. The number of halogens is 1. The molecule has 0 spiro atoms. The molecule has 110 valence electrons. The Labute approximate surface area is 125 Å². The maximum absolute atomic E-state index is 10.1. The zero-order valence-corrected chi connectivity index (χ0v) is 12.8. The van der Waals surface area contributed by atoms with E-state index in [9.17, 15) is 5.11 Å². The minimum absolute atomic E-state index is 0.548. The van der Waals surface area contributed by atoms with Crippen LogP contribution in [-0.2, 0) is 6.54 Å². The lowest BCUT2D eigenvalue weighted by Crippen LogP contribution is -2.50. The number of nitrogens with zero attached hydrogens (tertiary/aromatic N) is 2. The zero-order valence-electron chi connectivity index (χ0n) is 12.1. The predicted octanol–water partition coefficient (Wildman–Crippen LogP) is 2.26. The summed E-state index contributed by atoms with van der Waals surface area (Å²) in [6.45, 7) is 1.23. The normalized spacial score (nSPS) is 17.5. The van der Waals surface area contributed by atoms with Crippen LogP contribution in [0.15, 0.2) is 29.3 Å². The Hall–Kier alpha value is -1.26. The number of hydrogen-bond acceptors (Lipinski definition) is 2. The first-order chi connectivity index (χ1) is 9.54. The number of guanidine groups is 1. The molecule has 1 aromatic carbocycles. The Morgan fingerprint density at radius 2 is 2.15 bits per heavy atom. The van der Waals surface area contributed by atoms with Gasteiger partial charge in [0.05, 0.1) is 5.60 Å². The molecule has 0 radical (unpaired) electrons. The smallest absolute Gasteiger partial charge is 0.193 e. The van der Waals surface area contributed by atoms with Gasteiger partial charge in [0.1, 0.15) is 0 Å². The van der Waals surface area contributed by atoms with Gasteiger partial charge < -0.3 is 15.3 Å². The van der Waals surface area contributed by atoms with E-state index in [1.807, 2.05) is 36.2 Å². The van der Waals surface area contributed by atoms with Crippen LogP contribution in [0, 0.1) is 0 Å². The van der Waals surface area contributed by atoms with E-state index in [0.717, 1.165) is 35.8 Å². The lowest BCUT2D eigenvalue weighted by molar-refractivity contribution is -0.0282. The Kier molecular flexibility index (Phi) is 4.89. The summed E-state index contributed by atoms with van der Waals surface area (Å²) in [5, 5.41) is 14.1. The molecule has 2 rings (SSSR count). The van der Waals surface area contributed by atoms with Crippen molar-refractivity contribution in [1.82, 2.24) is 10.2 Å². The second-order valence-electron chi connectivity index (χ2n) is 5.43. The lowest BCUT2D eigenvalue weighted by atomic mass is 9.80. The van der Waals surface area contributed by atoms with Gasteiger partial charge in [-0.25, -0.2) is 0 Å². The number of nitrogens with one attached hydrogen (secondary N) is 1. The van der Waals surface area contributed by atoms with Gasteiger partial charge in [0.25, 0.3) is 0 Å². The van der Waals surface area contributed by atoms with Crippen LogP contribution in [0.4, 0.5) is 0 Å². The first-order valence-electron chi connectivity index (χ1n) is 6.92. The molecule has 1 fully saturated rings. The molecule has 5 heteroatoms. The molecule has 1 aliphatic rings. The van der Waals surface area contributed by atoms with E-state index in [4.69, 9.17) is 11.6 Å². The van der Waals surface area contributed by atoms with Crippen molar-refractivity contribution < 1.29 is 5.11 Å². The molecule has 0 heterocycles. The molecular weight excluding hydrogens is 274 g/mol. The molecule has 1 aliphatic carbocycles. The molecule has 20 heavy (non-hydrogen) atoms. The first kappa shape index (κ1) is 15.1. The second kappa shape index (κ2) is 6.46. The summed E-state index contributed by atoms with van der Waals surface area (Å²) in [5.74, 6) is 0.769. The average molecular weight is 296 g/mol. The Balaban J connectivity index is 1.92. The summed E-state index contributed by atoms with van der Waals surface area (Å²) in [6, 6.07) is 7.79. The topological polar surface area (TPSA) is 47.9 Å². The van der Waals surface area contributed by atoms with E-state index >= 15 is 0 Å². The van der Waals surface area contributed by atoms with Gasteiger partial charge >= 0.3 is 0 Å². The SMILES string of the molecule is CN=C(NCC1(O)CCC1)N(C)Cc1ccccc1Cl. The van der Waals surface area contributed by atoms with Crippen molar-refractivity contribution in [2.45, 2.75) is 31.4 Å². The summed E-state index contributed by atoms with van der Waals surface area (Å²) in [5.41, 5.74) is 0.503. The summed E-state index contributed by atoms with van der Waals surface area (Å²) in [4.78, 5) is 6.26. The molecule has 0 unspecified atom stereocenters. The largest absolute Gasteiger partial charge is 0.388 e. The Bertz CT molecular complexity index is 486. The minimum atomic E-state index is -0.554. The highest BCUT2D eigenvalue weighted by atomic mass is 35.5. The summed E-state index contributed by atoms with van der Waals surface area (Å²) >= 11 is 6.17. The average Bonchev–Trinajstić information content (AvgIpc) is 2.40. The first-order valence-corrected chi connectivity index (χ1v) is 7.29. The number of benzene rings is 1. The fourth-order valence-electron chi connectivity index (χ4n) is 2.35. The molecule has 0 aliphatic heterocycles. The Morgan fingerprint density at radius 3 is 2.70 bits per heavy atom. The van der Waals surface area contributed by atoms with E-state index in [0.29, 0.717) is 13.1 Å². The van der Waals surface area contributed by atoms with E-state index in [-0.39, 0.29) is 0 Å². The Morgan fingerprint density at radius 1 is 1.45 bits per heavy atom. The fraction of sp³-hybridized carbons (Fsp3) is 0.533. The van der Waals surface area contributed by atoms with Crippen LogP contribution in [-0.4, -0.2) is 42.2 Å². The van der Waals surface area contributed by atoms with Crippen LogP contribution in [0.2, 0.25) is 5.02 Å². The van der Waals surface area contributed by atoms with Crippen molar-refractivity contribution in [2.24, 2.45) is 4.99 Å². The van der Waals surface area contributed by atoms with Crippen LogP contribution in [0.5, 0.6) is 0 Å². The van der Waals surface area contributed by atoms with Gasteiger partial charge in [-0.05, 0) is 30.9 Å². The molecule has 0 aromatic heterocycles. The van der Waals surface area contributed by atoms with E-state index < -0.39 is 5.60 Å². The molecular formula is C15H22ClN3O. The summed E-state index contributed by atoms with van der Waals surface area (Å²) < 4.78 is 0. The van der Waals surface area contributed by atoms with Gasteiger partial charge in [-0.2, -0.15) is 0 Å². The maximum atomic E-state index is 10.1. The third-order valence-electron chi connectivity index (χ3n) is 3.80. The van der Waals surface area contributed by atoms with Gasteiger partial charge in [-0.1, -0.05) is 29.8 Å². The zero-order chi connectivity index (χ0) is 14.6. The molecule has 0 bridgehead atoms. The van der Waals surface area contributed by atoms with Gasteiger partial charge in [0, 0.05) is 32.2 Å². The van der Waals surface area contributed by atoms with E-state index in [1.54, 1.807) is 7.05 Å². The van der Waals surface area contributed by atoms with Gasteiger partial charge in [-0.15, -0.1) is 0 Å². The molecule has 4 nitrogen and oxygen atoms in total. The number of hydrogen-bond donors (Lipinski definition) is 2. The van der Waals surface area contributed by atoms with Crippen molar-refractivity contribution >= 4 is 17.6 Å². The molecule has 1 aromatic rings. The number of aliphatic hydroxyl groups is 1. The standard InChI is InChI=1S/C15H22ClN3O/c1-17-14(18-11-15(20)8-5-9-15)19(2)10-12-6-3-4-7-13(12)16/h3-4,6-7,20H,5,8-11H2,1-2H3,(H,17,18). The lowest BCUT2D eigenvalue weighted by Gasteiger charge is -2.37. The van der Waals surface area contributed by atoms with Crippen LogP contribution >= 0.6 is 11.6 Å². The highest BCUT2D eigenvalue weighted by Gasteiger charge is 2.34. The molecule has 0 atom stereocenters. The summed E-state index contributed by atoms with van der Waals surface area (Å²) in [6.07, 6.45) is 2.84. The predicted molar refractivity (Wildman–Crippen MR) is 83.1 cm³/mol. The number of rotatable bonds is 4. The van der Waals surface area contributed by atoms with Gasteiger partial charge in [-0.3, -0.25) is 4.99 Å². The monoisotopic (exact) mass is 295 g/mol. The van der Waals surface area contributed by atoms with Crippen molar-refractivity contribution in [3.05, 3.63) is 34.9 Å². The molecule has 1 saturated carbocycles. The number of aliphatic imine (C=N–C) groups is 1. The van der Waals surface area contributed by atoms with Crippen LogP contribution < -0.4 is 5.32 Å². The van der Waals surface area contributed by atoms with E-state index in [1.165, 1.54) is 0 Å². The third-order valence-corrected chi connectivity index (χ3v) is 4.17. The van der Waals surface area contributed by atoms with Crippen LogP contribution in [0.25, 0.3) is 0 Å². The van der Waals surface area contributed by atoms with Crippen LogP contribution in [0.3, 0.4) is 0 Å². The summed E-state index contributed by atoms with van der Waals surface area (Å²) in [7, 11) is 3.71. The highest BCUT2D eigenvalue weighted by molar-refractivity contribution is 6.31. The van der Waals surface area contributed by atoms with Gasteiger partial charge in [0.2, 0.25) is 0 Å². The molecule has 2 N–H and O–H groups in total. The van der Waals surface area contributed by atoms with Crippen molar-refractivity contribution in [2.75, 3.05) is 20.6 Å². The molecule has 0 amide bonds. The van der Waals surface area contributed by atoms with Crippen LogP contribution in [0.1, 0.15) is 24.8 Å². The second-order valence-corrected chi connectivity index (χ2v) is 5.83. The van der Waals surface area contributed by atoms with Gasteiger partial charge in [0.15, 0.2) is 5.96 Å². The fourth-order valence-corrected chi connectivity index (χ4v) is 2.54. The molecule has 0 saturated heterocycles. The highest BCUT2D eigenvalue weighted by Crippen LogP contribution is 2.30.